The maximum Gasteiger partial charge on any atom is 0.0991 e. The Bertz CT molecular complexity index is 862. The molecule has 0 aliphatic rings. The van der Waals surface area contributed by atoms with Gasteiger partial charge in [0.1, 0.15) is 0 Å². The van der Waals surface area contributed by atoms with Crippen molar-refractivity contribution in [1.82, 2.24) is 14.9 Å². The van der Waals surface area contributed by atoms with E-state index >= 15 is 0 Å². The van der Waals surface area contributed by atoms with Crippen LogP contribution in [0.15, 0.2) is 61.1 Å². The molecule has 0 amide bonds. The smallest absolute Gasteiger partial charge is 0.0991 e. The molecule has 25 heavy (non-hydrogen) atoms. The molecule has 0 spiro atoms. The van der Waals surface area contributed by atoms with E-state index in [2.05, 4.69) is 27.0 Å². The largest absolute Gasteiger partial charge is 0.330 e. The lowest BCUT2D eigenvalue weighted by atomic mass is 10.1. The highest BCUT2D eigenvalue weighted by Gasteiger charge is 2.03. The molecule has 3 rings (SSSR count). The van der Waals surface area contributed by atoms with Crippen LogP contribution >= 0.6 is 11.6 Å². The van der Waals surface area contributed by atoms with E-state index in [0.717, 1.165) is 36.6 Å². The number of aromatic nitrogens is 2. The number of rotatable bonds is 7. The first-order valence-corrected chi connectivity index (χ1v) is 8.55. The van der Waals surface area contributed by atoms with Crippen molar-refractivity contribution in [2.45, 2.75) is 19.5 Å². The van der Waals surface area contributed by atoms with E-state index in [9.17, 15) is 0 Å². The topological polar surface area (TPSA) is 53.6 Å². The Hall–Kier alpha value is -2.61. The van der Waals surface area contributed by atoms with Crippen LogP contribution in [0.1, 0.15) is 22.4 Å². The van der Waals surface area contributed by atoms with Crippen LogP contribution < -0.4 is 5.32 Å². The first-order valence-electron chi connectivity index (χ1n) is 8.18. The molecule has 0 aliphatic heterocycles. The number of halogens is 1. The van der Waals surface area contributed by atoms with Gasteiger partial charge in [0.05, 0.1) is 18.0 Å². The van der Waals surface area contributed by atoms with Crippen molar-refractivity contribution in [2.75, 3.05) is 6.54 Å². The Morgan fingerprint density at radius 1 is 1.12 bits per heavy atom. The van der Waals surface area contributed by atoms with Gasteiger partial charge in [-0.15, -0.1) is 0 Å². The van der Waals surface area contributed by atoms with Crippen LogP contribution in [0.3, 0.4) is 0 Å². The first kappa shape index (κ1) is 17.2. The number of hydrogen-bond acceptors (Lipinski definition) is 3. The van der Waals surface area contributed by atoms with E-state index in [0.29, 0.717) is 5.56 Å². The van der Waals surface area contributed by atoms with E-state index in [1.807, 2.05) is 55.0 Å². The van der Waals surface area contributed by atoms with Gasteiger partial charge in [0.25, 0.3) is 0 Å². The molecule has 3 aromatic rings. The summed E-state index contributed by atoms with van der Waals surface area (Å²) in [7, 11) is 0. The second-order valence-corrected chi connectivity index (χ2v) is 6.31. The number of nitriles is 1. The molecule has 4 nitrogen and oxygen atoms in total. The maximum absolute atomic E-state index is 8.87. The third-order valence-corrected chi connectivity index (χ3v) is 4.25. The summed E-state index contributed by atoms with van der Waals surface area (Å²) in [4.78, 5) is 4.27. The van der Waals surface area contributed by atoms with Crippen molar-refractivity contribution >= 4 is 11.6 Å². The monoisotopic (exact) mass is 350 g/mol. The number of benzene rings is 2. The average molecular weight is 351 g/mol. The predicted octanol–water partition coefficient (Wildman–Crippen LogP) is 3.79. The van der Waals surface area contributed by atoms with Crippen molar-refractivity contribution in [3.8, 4) is 6.07 Å². The summed E-state index contributed by atoms with van der Waals surface area (Å²) >= 11 is 6.00. The molecule has 1 N–H and O–H groups in total. The molecule has 0 unspecified atom stereocenters. The van der Waals surface area contributed by atoms with Crippen LogP contribution in [0.4, 0.5) is 0 Å². The first-order chi connectivity index (χ1) is 12.2. The number of hydrogen-bond donors (Lipinski definition) is 1. The zero-order chi connectivity index (χ0) is 17.5. The molecule has 1 heterocycles. The van der Waals surface area contributed by atoms with Crippen molar-refractivity contribution in [3.63, 3.8) is 0 Å². The normalized spacial score (nSPS) is 10.6. The van der Waals surface area contributed by atoms with Gasteiger partial charge in [0, 0.05) is 43.0 Å². The molecular formula is C20H19ClN4. The van der Waals surface area contributed by atoms with Crippen LogP contribution in [0.25, 0.3) is 0 Å². The van der Waals surface area contributed by atoms with Gasteiger partial charge in [0.2, 0.25) is 0 Å². The van der Waals surface area contributed by atoms with Gasteiger partial charge in [-0.2, -0.15) is 5.26 Å². The van der Waals surface area contributed by atoms with E-state index < -0.39 is 0 Å². The summed E-state index contributed by atoms with van der Waals surface area (Å²) in [5, 5.41) is 13.1. The molecule has 1 aromatic heterocycles. The fraction of sp³-hybridized carbons (Fsp3) is 0.200. The van der Waals surface area contributed by atoms with Crippen molar-refractivity contribution in [1.29, 1.82) is 5.26 Å². The fourth-order valence-electron chi connectivity index (χ4n) is 2.68. The zero-order valence-corrected chi connectivity index (χ0v) is 14.6. The third-order valence-electron chi connectivity index (χ3n) is 4.01. The summed E-state index contributed by atoms with van der Waals surface area (Å²) < 4.78 is 2.14. The summed E-state index contributed by atoms with van der Waals surface area (Å²) in [5.41, 5.74) is 4.20. The molecule has 0 aliphatic carbocycles. The molecule has 2 aromatic carbocycles. The fourth-order valence-corrected chi connectivity index (χ4v) is 2.89. The Morgan fingerprint density at radius 3 is 2.72 bits per heavy atom. The van der Waals surface area contributed by atoms with Crippen LogP contribution in [-0.2, 0) is 19.5 Å². The Morgan fingerprint density at radius 2 is 1.96 bits per heavy atom. The summed E-state index contributed by atoms with van der Waals surface area (Å²) in [5.74, 6) is 0. The Kier molecular flexibility index (Phi) is 5.84. The van der Waals surface area contributed by atoms with Crippen LogP contribution in [0.5, 0.6) is 0 Å². The molecule has 126 valence electrons. The second kappa shape index (κ2) is 8.48. The van der Waals surface area contributed by atoms with Crippen molar-refractivity contribution < 1.29 is 0 Å². The summed E-state index contributed by atoms with van der Waals surface area (Å²) in [6.45, 7) is 2.42. The predicted molar refractivity (Wildman–Crippen MR) is 99.3 cm³/mol. The molecule has 0 fully saturated rings. The van der Waals surface area contributed by atoms with E-state index in [-0.39, 0.29) is 0 Å². The van der Waals surface area contributed by atoms with Gasteiger partial charge in [-0.1, -0.05) is 35.9 Å². The standard InChI is InChI=1S/C20H19ClN4/c21-19-3-1-2-18(10-19)12-23-9-8-20-13-24-15-25(20)14-17-6-4-16(11-22)5-7-17/h1-7,10,13,15,23H,8-9,12,14H2. The van der Waals surface area contributed by atoms with Gasteiger partial charge >= 0.3 is 0 Å². The maximum atomic E-state index is 8.87. The van der Waals surface area contributed by atoms with Crippen LogP contribution in [0, 0.1) is 11.3 Å². The summed E-state index contributed by atoms with van der Waals surface area (Å²) in [6, 6.07) is 17.7. The molecule has 0 saturated heterocycles. The van der Waals surface area contributed by atoms with Crippen LogP contribution in [-0.4, -0.2) is 16.1 Å². The molecule has 0 saturated carbocycles. The highest BCUT2D eigenvalue weighted by molar-refractivity contribution is 6.30. The highest BCUT2D eigenvalue weighted by Crippen LogP contribution is 2.11. The van der Waals surface area contributed by atoms with Gasteiger partial charge in [0.15, 0.2) is 0 Å². The molecule has 0 bridgehead atoms. The Balaban J connectivity index is 1.52. The highest BCUT2D eigenvalue weighted by atomic mass is 35.5. The average Bonchev–Trinajstić information content (AvgIpc) is 3.06. The molecule has 5 heteroatoms. The summed E-state index contributed by atoms with van der Waals surface area (Å²) in [6.07, 6.45) is 4.66. The third kappa shape index (κ3) is 4.93. The second-order valence-electron chi connectivity index (χ2n) is 5.88. The lowest BCUT2D eigenvalue weighted by Gasteiger charge is -2.09. The van der Waals surface area contributed by atoms with Crippen LogP contribution in [0.2, 0.25) is 5.02 Å². The number of imidazole rings is 1. The van der Waals surface area contributed by atoms with Crippen molar-refractivity contribution in [3.05, 3.63) is 88.5 Å². The SMILES string of the molecule is N#Cc1ccc(Cn2cncc2CCNCc2cccc(Cl)c2)cc1. The van der Waals surface area contributed by atoms with Crippen molar-refractivity contribution in [2.24, 2.45) is 0 Å². The van der Waals surface area contributed by atoms with E-state index in [1.165, 1.54) is 11.3 Å². The minimum Gasteiger partial charge on any atom is -0.330 e. The molecular weight excluding hydrogens is 332 g/mol. The molecule has 0 radical (unpaired) electrons. The molecule has 0 atom stereocenters. The van der Waals surface area contributed by atoms with Gasteiger partial charge in [-0.05, 0) is 35.4 Å². The Labute approximate surface area is 152 Å². The van der Waals surface area contributed by atoms with E-state index in [4.69, 9.17) is 16.9 Å². The lowest BCUT2D eigenvalue weighted by Crippen LogP contribution is -2.18. The quantitative estimate of drug-likeness (QED) is 0.659. The lowest BCUT2D eigenvalue weighted by molar-refractivity contribution is 0.652. The minimum atomic E-state index is 0.680. The number of nitrogens with zero attached hydrogens (tertiary/aromatic N) is 3. The van der Waals surface area contributed by atoms with E-state index in [1.54, 1.807) is 0 Å². The minimum absolute atomic E-state index is 0.680. The number of nitrogens with one attached hydrogen (secondary N) is 1. The van der Waals surface area contributed by atoms with Gasteiger partial charge in [-0.3, -0.25) is 0 Å². The van der Waals surface area contributed by atoms with Gasteiger partial charge in [-0.25, -0.2) is 4.98 Å². The van der Waals surface area contributed by atoms with Gasteiger partial charge < -0.3 is 9.88 Å². The zero-order valence-electron chi connectivity index (χ0n) is 13.8.